The van der Waals surface area contributed by atoms with Crippen LogP contribution in [0.2, 0.25) is 0 Å². The zero-order valence-electron chi connectivity index (χ0n) is 16.8. The minimum absolute atomic E-state index is 0. The van der Waals surface area contributed by atoms with Crippen molar-refractivity contribution in [2.24, 2.45) is 0 Å². The van der Waals surface area contributed by atoms with Crippen molar-refractivity contribution >= 4 is 24.1 Å². The third kappa shape index (κ3) is 5.58. The Morgan fingerprint density at radius 2 is 1.32 bits per heavy atom. The molecule has 0 saturated carbocycles. The Morgan fingerprint density at radius 3 is 1.79 bits per heavy atom. The van der Waals surface area contributed by atoms with Gasteiger partial charge in [-0.3, -0.25) is 16.8 Å². The predicted octanol–water partition coefficient (Wildman–Crippen LogP) is -0.300. The first-order valence-corrected chi connectivity index (χ1v) is 7.95. The van der Waals surface area contributed by atoms with Crippen LogP contribution >= 0.6 is 0 Å². The van der Waals surface area contributed by atoms with Crippen molar-refractivity contribution in [1.29, 1.82) is 0 Å². The Bertz CT molecular complexity index is 947. The third-order valence-electron chi connectivity index (χ3n) is 4.44. The molecule has 1 aliphatic rings. The van der Waals surface area contributed by atoms with Gasteiger partial charge in [0, 0.05) is 5.52 Å². The number of rotatable bonds is 1. The molecule has 0 saturated heterocycles. The van der Waals surface area contributed by atoms with Crippen LogP contribution in [0.4, 0.5) is 0 Å². The Balaban J connectivity index is 0.00000141. The van der Waals surface area contributed by atoms with Gasteiger partial charge in [0.05, 0.1) is 35.6 Å². The van der Waals surface area contributed by atoms with E-state index in [1.165, 1.54) is 11.1 Å². The maximum Gasteiger partial charge on any atom is 1.00 e. The molecule has 0 atom stereocenters. The van der Waals surface area contributed by atoms with Gasteiger partial charge in [-0.15, -0.1) is 17.2 Å². The second kappa shape index (κ2) is 12.2. The smallest absolute Gasteiger partial charge is 0.545 e. The van der Waals surface area contributed by atoms with Crippen LogP contribution in [0.5, 0.6) is 0 Å². The molecule has 142 valence electrons. The minimum Gasteiger partial charge on any atom is -0.545 e. The van der Waals surface area contributed by atoms with E-state index in [0.29, 0.717) is 5.56 Å². The number of hydrogen-bond acceptors (Lipinski definition) is 6. The van der Waals surface area contributed by atoms with E-state index < -0.39 is 0 Å². The van der Waals surface area contributed by atoms with E-state index in [-0.39, 0.29) is 66.2 Å². The molecule has 0 radical (unpaired) electrons. The first-order chi connectivity index (χ1) is 12.2. The fourth-order valence-electron chi connectivity index (χ4n) is 3.12. The van der Waals surface area contributed by atoms with Gasteiger partial charge in [-0.05, 0) is 36.8 Å². The maximum atomic E-state index is 11.0. The molecule has 0 unspecified atom stereocenters. The molecule has 0 spiro atoms. The van der Waals surface area contributed by atoms with Gasteiger partial charge in [0.25, 0.3) is 0 Å². The largest absolute Gasteiger partial charge is 1.00 e. The summed E-state index contributed by atoms with van der Waals surface area (Å²) < 4.78 is 0. The number of aromatic nitrogens is 4. The van der Waals surface area contributed by atoms with Crippen molar-refractivity contribution in [1.82, 2.24) is 20.2 Å². The predicted molar refractivity (Wildman–Crippen MR) is 105 cm³/mol. The number of benzene rings is 1. The minimum atomic E-state index is 0. The summed E-state index contributed by atoms with van der Waals surface area (Å²) in [6, 6.07) is 3.70. The fraction of sp³-hybridized carbons (Fsp3) is 0.238. The number of nitrogens with zero attached hydrogens (tertiary/aromatic N) is 4. The van der Waals surface area contributed by atoms with Gasteiger partial charge in [-0.1, -0.05) is 13.0 Å². The molecule has 2 heterocycles. The van der Waals surface area contributed by atoms with Gasteiger partial charge in [0.1, 0.15) is 0 Å². The summed E-state index contributed by atoms with van der Waals surface area (Å²) in [6.45, 7) is 5.15. The van der Waals surface area contributed by atoms with Crippen molar-refractivity contribution in [2.75, 3.05) is 0 Å². The first-order valence-electron chi connectivity index (χ1n) is 7.95. The molecular weight excluding hydrogens is 379 g/mol. The topological polar surface area (TPSA) is 85.7 Å². The molecule has 0 fully saturated rings. The molecule has 28 heavy (non-hydrogen) atoms. The summed E-state index contributed by atoms with van der Waals surface area (Å²) in [6.07, 6.45) is 9.12. The fourth-order valence-corrected chi connectivity index (χ4v) is 3.12. The monoisotopic (exact) mass is 401 g/mol. The molecule has 0 aliphatic heterocycles. The molecule has 4 rings (SSSR count). The normalized spacial score (nSPS) is 11.5. The van der Waals surface area contributed by atoms with Crippen molar-refractivity contribution in [2.45, 2.75) is 32.6 Å². The van der Waals surface area contributed by atoms with Crippen LogP contribution in [-0.4, -0.2) is 33.2 Å². The van der Waals surface area contributed by atoms with Crippen molar-refractivity contribution in [3.05, 3.63) is 73.0 Å². The molecule has 1 aliphatic carbocycles. The quantitative estimate of drug-likeness (QED) is 0.316. The zero-order valence-corrected chi connectivity index (χ0v) is 19.9. The molecule has 6 nitrogen and oxygen atoms in total. The summed E-state index contributed by atoms with van der Waals surface area (Å²) >= 11 is 0. The van der Waals surface area contributed by atoms with Gasteiger partial charge in [-0.25, -0.2) is 0 Å². The van der Waals surface area contributed by atoms with Crippen LogP contribution in [0.15, 0.2) is 24.5 Å². The van der Waals surface area contributed by atoms with E-state index in [4.69, 9.17) is 14.8 Å². The van der Waals surface area contributed by atoms with Crippen LogP contribution in [0, 0.1) is 21.8 Å². The van der Waals surface area contributed by atoms with E-state index in [9.17, 15) is 4.79 Å². The standard InChI is InChI=1S/C18H15N4O.CHO.2CH3.K/c1-11-6-17-18(7-14(11)10-23)22-16-5-3-13-9-20-19-8-12(13)2-4-15(16)21-17;1-2;;;/h6-9H,2-5H2,1H3;1H;2*1H3;/q4*-1;+1. The van der Waals surface area contributed by atoms with E-state index in [0.717, 1.165) is 53.7 Å². The van der Waals surface area contributed by atoms with E-state index >= 15 is 0 Å². The van der Waals surface area contributed by atoms with Crippen LogP contribution in [0.1, 0.15) is 33.6 Å². The van der Waals surface area contributed by atoms with Gasteiger partial charge < -0.3 is 24.4 Å². The van der Waals surface area contributed by atoms with Crippen molar-refractivity contribution in [3.63, 3.8) is 0 Å². The van der Waals surface area contributed by atoms with Crippen LogP contribution < -0.4 is 51.4 Å². The van der Waals surface area contributed by atoms with Crippen LogP contribution in [0.25, 0.3) is 11.0 Å². The second-order valence-corrected chi connectivity index (χ2v) is 5.91. The average Bonchev–Trinajstić information content (AvgIpc) is 2.64. The second-order valence-electron chi connectivity index (χ2n) is 5.91. The maximum absolute atomic E-state index is 11.0. The molecule has 7 heteroatoms. The number of fused-ring (bicyclic) bond motifs is 3. The summed E-state index contributed by atoms with van der Waals surface area (Å²) in [5, 5.41) is 7.96. The molecule has 2 aromatic heterocycles. The Labute approximate surface area is 209 Å². The molecule has 0 N–H and O–H groups in total. The number of hydrogen-bond donors (Lipinski definition) is 0. The zero-order chi connectivity index (χ0) is 17.8. The van der Waals surface area contributed by atoms with Gasteiger partial charge in [-0.2, -0.15) is 10.2 Å². The Hall–Kier alpha value is -1.38. The molecule has 1 aromatic carbocycles. The van der Waals surface area contributed by atoms with Gasteiger partial charge in [0.15, 0.2) is 0 Å². The van der Waals surface area contributed by atoms with Crippen LogP contribution in [-0.2, 0) is 35.3 Å². The van der Waals surface area contributed by atoms with Crippen molar-refractivity contribution < 1.29 is 61.0 Å². The number of aryl methyl sites for hydroxylation is 5. The summed E-state index contributed by atoms with van der Waals surface area (Å²) in [5.41, 5.74) is 7.58. The molecule has 0 bridgehead atoms. The summed E-state index contributed by atoms with van der Waals surface area (Å²) in [7, 11) is 0. The third-order valence-corrected chi connectivity index (χ3v) is 4.44. The SMILES string of the molecule is Cc1cc2nc3c(nc2cc1[C-]=O)CCc1cnncc1CC3.[CH-]=O.[CH3-].[CH3-].[K+]. The Kier molecular flexibility index (Phi) is 11.6. The van der Waals surface area contributed by atoms with Gasteiger partial charge >= 0.3 is 51.4 Å². The number of carbonyl (C=O) groups excluding carboxylic acids is 2. The summed E-state index contributed by atoms with van der Waals surface area (Å²) in [4.78, 5) is 28.3. The van der Waals surface area contributed by atoms with E-state index in [2.05, 4.69) is 17.0 Å². The van der Waals surface area contributed by atoms with Crippen LogP contribution in [0.3, 0.4) is 0 Å². The molecule has 3 aromatic rings. The molecular formula is C21H22KN4O2-3. The molecule has 0 amide bonds. The first kappa shape index (κ1) is 26.6. The van der Waals surface area contributed by atoms with E-state index in [1.54, 1.807) is 6.07 Å². The average molecular weight is 402 g/mol. The van der Waals surface area contributed by atoms with Gasteiger partial charge in [0.2, 0.25) is 0 Å². The van der Waals surface area contributed by atoms with Crippen molar-refractivity contribution in [3.8, 4) is 0 Å². The Morgan fingerprint density at radius 1 is 0.857 bits per heavy atom. The summed E-state index contributed by atoms with van der Waals surface area (Å²) in [5.74, 6) is 0. The van der Waals surface area contributed by atoms with E-state index in [1.807, 2.05) is 31.7 Å².